The third-order valence-electron chi connectivity index (χ3n) is 14.5. The van der Waals surface area contributed by atoms with Gasteiger partial charge in [-0.05, 0) is 135 Å². The zero-order valence-electron chi connectivity index (χ0n) is 38.8. The van der Waals surface area contributed by atoms with E-state index >= 15 is 0 Å². The Kier molecular flexibility index (Phi) is 12.8. The fourth-order valence-electron chi connectivity index (χ4n) is 10.5. The first-order valence-electron chi connectivity index (χ1n) is 23.9. The summed E-state index contributed by atoms with van der Waals surface area (Å²) >= 11 is 0. The molecule has 4 aromatic carbocycles. The number of para-hydroxylation sites is 1. The molecule has 8 aliphatic rings. The van der Waals surface area contributed by atoms with Gasteiger partial charge in [0.2, 0.25) is 5.91 Å². The second kappa shape index (κ2) is 19.4. The van der Waals surface area contributed by atoms with Crippen LogP contribution in [0.2, 0.25) is 0 Å². The maximum Gasteiger partial charge on any atom is 0.339 e. The van der Waals surface area contributed by atoms with Crippen molar-refractivity contribution in [3.8, 4) is 0 Å². The van der Waals surface area contributed by atoms with Crippen LogP contribution in [0.15, 0.2) is 102 Å². The lowest BCUT2D eigenvalue weighted by molar-refractivity contribution is -0.135. The summed E-state index contributed by atoms with van der Waals surface area (Å²) in [4.78, 5) is 78.3. The van der Waals surface area contributed by atoms with Crippen molar-refractivity contribution >= 4 is 45.7 Å². The summed E-state index contributed by atoms with van der Waals surface area (Å²) in [6.07, 6.45) is 6.02. The Balaban J connectivity index is 0.930. The molecule has 10 heterocycles. The van der Waals surface area contributed by atoms with Gasteiger partial charge in [0.05, 0.1) is 22.2 Å². The highest BCUT2D eigenvalue weighted by atomic mass is 16.5. The molecule has 15 nitrogen and oxygen atoms in total. The van der Waals surface area contributed by atoms with E-state index in [0.717, 1.165) is 77.6 Å². The second-order valence-electron chi connectivity index (χ2n) is 19.0. The third-order valence-corrected chi connectivity index (χ3v) is 14.5. The highest BCUT2D eigenvalue weighted by Crippen LogP contribution is 2.29. The standard InChI is InChI=1S/C53H58N8O7/c1-35-27-38-29-43-32-60(55-48(35)43)33-67-51(64)40-11-7-36(8-12-40)28-37-9-13-41(14-10-37)52(65)68-34-61-47-6-4-3-5-42(47)31-45(49(61)62)39-15-21-59(22-16-39)53(66)54-46(30-38)50(63)58-25-23-57(24-26-58)44-17-19-56(2)20-18-44/h3-14,27,29,31-32,39,44,46H,15-26,28,30,33-34H2,1-2H3,(H,54,66)/t46-/m1/s1. The van der Waals surface area contributed by atoms with Gasteiger partial charge in [-0.25, -0.2) is 19.1 Å². The van der Waals surface area contributed by atoms with Gasteiger partial charge in [-0.1, -0.05) is 48.5 Å². The van der Waals surface area contributed by atoms with Crippen LogP contribution in [0.4, 0.5) is 4.79 Å². The van der Waals surface area contributed by atoms with Gasteiger partial charge in [-0.3, -0.25) is 19.1 Å². The van der Waals surface area contributed by atoms with Crippen molar-refractivity contribution in [2.24, 2.45) is 0 Å². The van der Waals surface area contributed by atoms with Crippen LogP contribution in [-0.4, -0.2) is 129 Å². The van der Waals surface area contributed by atoms with Crippen molar-refractivity contribution in [3.63, 3.8) is 0 Å². The molecule has 2 aromatic heterocycles. The van der Waals surface area contributed by atoms with Crippen LogP contribution in [-0.2, 0) is 40.6 Å². The molecule has 1 N–H and O–H groups in total. The van der Waals surface area contributed by atoms with Gasteiger partial charge in [-0.2, -0.15) is 5.10 Å². The fraction of sp³-hybridized carbons (Fsp3) is 0.396. The number of ether oxygens (including phenoxy) is 2. The summed E-state index contributed by atoms with van der Waals surface area (Å²) in [5, 5.41) is 9.58. The smallest absolute Gasteiger partial charge is 0.339 e. The van der Waals surface area contributed by atoms with E-state index in [2.05, 4.69) is 22.2 Å². The van der Waals surface area contributed by atoms with Crippen LogP contribution < -0.4 is 10.9 Å². The molecule has 0 unspecified atom stereocenters. The molecule has 0 aliphatic carbocycles. The number of nitrogens with zero attached hydrogens (tertiary/aromatic N) is 7. The van der Waals surface area contributed by atoms with E-state index in [1.54, 1.807) is 33.8 Å². The molecule has 11 bridgehead atoms. The molecule has 3 fully saturated rings. The molecule has 352 valence electrons. The summed E-state index contributed by atoms with van der Waals surface area (Å²) in [6, 6.07) is 27.2. The number of hydrogen-bond acceptors (Lipinski definition) is 10. The molecule has 0 saturated carbocycles. The Morgan fingerprint density at radius 1 is 0.691 bits per heavy atom. The number of nitrogens with one attached hydrogen (secondary N) is 1. The van der Waals surface area contributed by atoms with Crippen molar-refractivity contribution in [2.75, 3.05) is 59.4 Å². The number of hydrogen-bond donors (Lipinski definition) is 1. The summed E-state index contributed by atoms with van der Waals surface area (Å²) < 4.78 is 14.6. The number of carbonyl (C=O) groups is 4. The molecule has 68 heavy (non-hydrogen) atoms. The quantitative estimate of drug-likeness (QED) is 0.207. The van der Waals surface area contributed by atoms with Crippen molar-refractivity contribution < 1.29 is 28.7 Å². The monoisotopic (exact) mass is 918 g/mol. The molecule has 15 heteroatoms. The zero-order valence-corrected chi connectivity index (χ0v) is 38.8. The minimum absolute atomic E-state index is 0.0906. The SMILES string of the molecule is Cc1cc2cc3cn(nc13)COC(=O)c1ccc(cc1)Cc1ccc(cc1)C(=O)OCn1c(=O)c(cc3ccccc31)C1CCN(CC1)C(=O)N[C@@H](C(=O)N1CCN(C3CCN(C)CC3)CC1)C2. The van der Waals surface area contributed by atoms with E-state index < -0.39 is 18.0 Å². The first-order valence-corrected chi connectivity index (χ1v) is 23.9. The van der Waals surface area contributed by atoms with Gasteiger partial charge >= 0.3 is 18.0 Å². The number of aromatic nitrogens is 3. The fourth-order valence-corrected chi connectivity index (χ4v) is 10.5. The van der Waals surface area contributed by atoms with Gasteiger partial charge in [-0.15, -0.1) is 0 Å². The molecule has 0 spiro atoms. The zero-order chi connectivity index (χ0) is 46.9. The van der Waals surface area contributed by atoms with Gasteiger partial charge < -0.3 is 29.5 Å². The van der Waals surface area contributed by atoms with Crippen LogP contribution in [0.1, 0.15) is 80.1 Å². The summed E-state index contributed by atoms with van der Waals surface area (Å²) in [6.45, 7) is 7.31. The predicted octanol–water partition coefficient (Wildman–Crippen LogP) is 5.93. The summed E-state index contributed by atoms with van der Waals surface area (Å²) in [5.41, 5.74) is 6.27. The number of likely N-dealkylation sites (tertiary alicyclic amines) is 1. The lowest BCUT2D eigenvalue weighted by Crippen LogP contribution is -2.59. The molecular formula is C53H58N8O7. The molecule has 14 rings (SSSR count). The van der Waals surface area contributed by atoms with Crippen molar-refractivity contribution in [3.05, 3.63) is 146 Å². The van der Waals surface area contributed by atoms with Gasteiger partial charge in [0.25, 0.3) is 5.56 Å². The first-order chi connectivity index (χ1) is 33.0. The molecule has 8 aliphatic heterocycles. The van der Waals surface area contributed by atoms with E-state index in [1.807, 2.05) is 84.8 Å². The van der Waals surface area contributed by atoms with E-state index in [-0.39, 0.29) is 43.3 Å². The van der Waals surface area contributed by atoms with Gasteiger partial charge in [0.1, 0.15) is 6.04 Å². The molecule has 0 radical (unpaired) electrons. The number of carbonyl (C=O) groups excluding carboxylic acids is 4. The Hall–Kier alpha value is -6.84. The summed E-state index contributed by atoms with van der Waals surface area (Å²) in [7, 11) is 2.16. The maximum absolute atomic E-state index is 14.6. The largest absolute Gasteiger partial charge is 0.440 e. The first kappa shape index (κ1) is 45.0. The minimum Gasteiger partial charge on any atom is -0.440 e. The highest BCUT2D eigenvalue weighted by molar-refractivity contribution is 5.91. The Labute approximate surface area is 395 Å². The molecule has 6 aromatic rings. The van der Waals surface area contributed by atoms with E-state index in [1.165, 1.54) is 4.57 Å². The van der Waals surface area contributed by atoms with Gasteiger partial charge in [0, 0.05) is 68.9 Å². The van der Waals surface area contributed by atoms with Gasteiger partial charge in [0.15, 0.2) is 13.5 Å². The lowest BCUT2D eigenvalue weighted by atomic mass is 9.89. The Morgan fingerprint density at radius 2 is 1.34 bits per heavy atom. The number of aryl methyl sites for hydroxylation is 1. The number of pyridine rings is 1. The Bertz CT molecular complexity index is 2910. The number of amides is 3. The average Bonchev–Trinajstić information content (AvgIpc) is 3.79. The van der Waals surface area contributed by atoms with E-state index in [4.69, 9.17) is 14.6 Å². The average molecular weight is 919 g/mol. The molecular weight excluding hydrogens is 861 g/mol. The lowest BCUT2D eigenvalue weighted by Gasteiger charge is -2.43. The van der Waals surface area contributed by atoms with Crippen molar-refractivity contribution in [2.45, 2.75) is 76.9 Å². The van der Waals surface area contributed by atoms with Crippen LogP contribution >= 0.6 is 0 Å². The third kappa shape index (κ3) is 9.63. The van der Waals surface area contributed by atoms with Crippen LogP contribution in [0, 0.1) is 6.92 Å². The van der Waals surface area contributed by atoms with E-state index in [9.17, 15) is 24.0 Å². The topological polar surface area (TPSA) is 152 Å². The second-order valence-corrected chi connectivity index (χ2v) is 19.0. The number of esters is 2. The number of fused-ring (bicyclic) bond motifs is 2. The maximum atomic E-state index is 14.6. The van der Waals surface area contributed by atoms with E-state index in [0.29, 0.717) is 73.7 Å². The molecule has 1 atom stereocenters. The predicted molar refractivity (Wildman–Crippen MR) is 257 cm³/mol. The Morgan fingerprint density at radius 3 is 2.01 bits per heavy atom. The number of rotatable bonds is 2. The van der Waals surface area contributed by atoms with Crippen LogP contribution in [0.3, 0.4) is 0 Å². The van der Waals surface area contributed by atoms with Crippen molar-refractivity contribution in [1.82, 2.24) is 39.3 Å². The van der Waals surface area contributed by atoms with Crippen LogP contribution in [0.5, 0.6) is 0 Å². The minimum atomic E-state index is -0.827. The molecule has 3 amide bonds. The molecule has 3 saturated heterocycles. The number of piperazine rings is 1. The number of piperidine rings is 2. The number of benzene rings is 4. The number of urea groups is 1. The van der Waals surface area contributed by atoms with Crippen LogP contribution in [0.25, 0.3) is 21.8 Å². The summed E-state index contributed by atoms with van der Waals surface area (Å²) in [5.74, 6) is -1.28. The highest BCUT2D eigenvalue weighted by Gasteiger charge is 2.34. The normalized spacial score (nSPS) is 20.8. The van der Waals surface area contributed by atoms with Crippen molar-refractivity contribution in [1.29, 1.82) is 0 Å².